The molecule has 0 bridgehead atoms. The van der Waals surface area contributed by atoms with Gasteiger partial charge in [0, 0.05) is 5.02 Å². The molecule has 1 nitrogen and oxygen atoms in total. The highest BCUT2D eigenvalue weighted by atomic mass is 35.5. The molecule has 1 aliphatic rings. The average molecular weight is 363 g/mol. The van der Waals surface area contributed by atoms with Crippen molar-refractivity contribution < 1.29 is 4.74 Å². The first-order valence-corrected chi connectivity index (χ1v) is 9.65. The number of halogens is 1. The standard InChI is InChI=1S/C24H23ClO/c25-22-13-11-20(12-14-22)24-17-21(19-9-5-2-6-10-19)16-23(26-24)15-18-7-3-1-4-8-18/h1-14,21,23-24H,15-17H2/t21-,23+,24+/m1/s1. The minimum atomic E-state index is 0.111. The largest absolute Gasteiger partial charge is 0.370 e. The number of hydrogen-bond acceptors (Lipinski definition) is 1. The molecule has 1 fully saturated rings. The van der Waals surface area contributed by atoms with Gasteiger partial charge >= 0.3 is 0 Å². The van der Waals surface area contributed by atoms with Gasteiger partial charge in [0.15, 0.2) is 0 Å². The minimum absolute atomic E-state index is 0.111. The van der Waals surface area contributed by atoms with Gasteiger partial charge in [0.2, 0.25) is 0 Å². The van der Waals surface area contributed by atoms with Gasteiger partial charge in [0.25, 0.3) is 0 Å². The fourth-order valence-electron chi connectivity index (χ4n) is 3.91. The smallest absolute Gasteiger partial charge is 0.0834 e. The highest BCUT2D eigenvalue weighted by Crippen LogP contribution is 2.41. The Labute approximate surface area is 160 Å². The zero-order valence-corrected chi connectivity index (χ0v) is 15.5. The van der Waals surface area contributed by atoms with E-state index >= 15 is 0 Å². The second kappa shape index (κ2) is 8.07. The van der Waals surface area contributed by atoms with Gasteiger partial charge in [-0.1, -0.05) is 84.4 Å². The first-order chi connectivity index (χ1) is 12.8. The third kappa shape index (κ3) is 4.17. The molecule has 0 radical (unpaired) electrons. The Morgan fingerprint density at radius 2 is 1.38 bits per heavy atom. The van der Waals surface area contributed by atoms with Crippen molar-refractivity contribution in [2.45, 2.75) is 37.4 Å². The number of rotatable bonds is 4. The summed E-state index contributed by atoms with van der Waals surface area (Å²) >= 11 is 6.07. The molecule has 0 spiro atoms. The Morgan fingerprint density at radius 1 is 0.731 bits per heavy atom. The molecule has 0 aliphatic carbocycles. The van der Waals surface area contributed by atoms with E-state index in [0.29, 0.717) is 5.92 Å². The molecule has 26 heavy (non-hydrogen) atoms. The summed E-state index contributed by atoms with van der Waals surface area (Å²) in [4.78, 5) is 0. The van der Waals surface area contributed by atoms with Crippen molar-refractivity contribution in [2.75, 3.05) is 0 Å². The van der Waals surface area contributed by atoms with Crippen LogP contribution in [0.5, 0.6) is 0 Å². The first kappa shape index (κ1) is 17.3. The second-order valence-corrected chi connectivity index (χ2v) is 7.50. The van der Waals surface area contributed by atoms with E-state index in [-0.39, 0.29) is 12.2 Å². The van der Waals surface area contributed by atoms with Gasteiger partial charge in [0.1, 0.15) is 0 Å². The summed E-state index contributed by atoms with van der Waals surface area (Å²) in [6.45, 7) is 0. The monoisotopic (exact) mass is 362 g/mol. The zero-order chi connectivity index (χ0) is 17.8. The van der Waals surface area contributed by atoms with Crippen molar-refractivity contribution in [2.24, 2.45) is 0 Å². The van der Waals surface area contributed by atoms with Crippen LogP contribution in [0, 0.1) is 0 Å². The SMILES string of the molecule is Clc1ccc([C@@H]2C[C@H](c3ccccc3)C[C@H](Cc3ccccc3)O2)cc1. The molecule has 3 aromatic carbocycles. The maximum Gasteiger partial charge on any atom is 0.0834 e. The van der Waals surface area contributed by atoms with Crippen LogP contribution < -0.4 is 0 Å². The van der Waals surface area contributed by atoms with Crippen LogP contribution in [0.4, 0.5) is 0 Å². The number of hydrogen-bond donors (Lipinski definition) is 0. The predicted octanol–water partition coefficient (Wildman–Crippen LogP) is 6.59. The van der Waals surface area contributed by atoms with E-state index in [2.05, 4.69) is 72.8 Å². The lowest BCUT2D eigenvalue weighted by atomic mass is 9.82. The maximum atomic E-state index is 6.52. The Hall–Kier alpha value is -2.09. The van der Waals surface area contributed by atoms with Gasteiger partial charge in [-0.05, 0) is 54.0 Å². The molecule has 1 aliphatic heterocycles. The normalized spacial score (nSPS) is 22.9. The van der Waals surface area contributed by atoms with Gasteiger partial charge < -0.3 is 4.74 Å². The molecular formula is C24H23ClO. The highest BCUT2D eigenvalue weighted by Gasteiger charge is 2.31. The predicted molar refractivity (Wildman–Crippen MR) is 108 cm³/mol. The summed E-state index contributed by atoms with van der Waals surface area (Å²) in [5.74, 6) is 0.513. The summed E-state index contributed by atoms with van der Waals surface area (Å²) in [7, 11) is 0. The zero-order valence-electron chi connectivity index (χ0n) is 14.7. The maximum absolute atomic E-state index is 6.52. The molecule has 1 heterocycles. The topological polar surface area (TPSA) is 9.23 Å². The third-order valence-corrected chi connectivity index (χ3v) is 5.47. The fourth-order valence-corrected chi connectivity index (χ4v) is 4.04. The molecular weight excluding hydrogens is 340 g/mol. The molecule has 2 heteroatoms. The van der Waals surface area contributed by atoms with Crippen molar-refractivity contribution in [1.82, 2.24) is 0 Å². The highest BCUT2D eigenvalue weighted by molar-refractivity contribution is 6.30. The van der Waals surface area contributed by atoms with Crippen LogP contribution in [-0.4, -0.2) is 6.10 Å². The van der Waals surface area contributed by atoms with Crippen LogP contribution in [0.15, 0.2) is 84.9 Å². The van der Waals surface area contributed by atoms with Crippen LogP contribution in [-0.2, 0) is 11.2 Å². The van der Waals surface area contributed by atoms with Gasteiger partial charge in [0.05, 0.1) is 12.2 Å². The molecule has 0 amide bonds. The third-order valence-electron chi connectivity index (χ3n) is 5.22. The number of benzene rings is 3. The molecule has 4 rings (SSSR count). The van der Waals surface area contributed by atoms with Crippen LogP contribution in [0.3, 0.4) is 0 Å². The molecule has 3 atom stereocenters. The quantitative estimate of drug-likeness (QED) is 0.509. The molecule has 0 N–H and O–H groups in total. The second-order valence-electron chi connectivity index (χ2n) is 7.07. The van der Waals surface area contributed by atoms with E-state index < -0.39 is 0 Å². The van der Waals surface area contributed by atoms with E-state index in [1.54, 1.807) is 0 Å². The fraction of sp³-hybridized carbons (Fsp3) is 0.250. The van der Waals surface area contributed by atoms with Crippen LogP contribution >= 0.6 is 11.6 Å². The van der Waals surface area contributed by atoms with E-state index in [0.717, 1.165) is 24.3 Å². The van der Waals surface area contributed by atoms with Gasteiger partial charge in [-0.3, -0.25) is 0 Å². The van der Waals surface area contributed by atoms with Crippen LogP contribution in [0.2, 0.25) is 5.02 Å². The lowest BCUT2D eigenvalue weighted by molar-refractivity contribution is -0.0590. The van der Waals surface area contributed by atoms with E-state index in [1.807, 2.05) is 12.1 Å². The molecule has 132 valence electrons. The summed E-state index contributed by atoms with van der Waals surface area (Å²) in [5.41, 5.74) is 3.96. The van der Waals surface area contributed by atoms with Crippen molar-refractivity contribution >= 4 is 11.6 Å². The lowest BCUT2D eigenvalue weighted by Crippen LogP contribution is -2.29. The van der Waals surface area contributed by atoms with Crippen LogP contribution in [0.25, 0.3) is 0 Å². The van der Waals surface area contributed by atoms with E-state index in [9.17, 15) is 0 Å². The summed E-state index contributed by atoms with van der Waals surface area (Å²) < 4.78 is 6.52. The van der Waals surface area contributed by atoms with Gasteiger partial charge in [-0.15, -0.1) is 0 Å². The Balaban J connectivity index is 1.59. The minimum Gasteiger partial charge on any atom is -0.370 e. The van der Waals surface area contributed by atoms with Crippen molar-refractivity contribution in [3.63, 3.8) is 0 Å². The van der Waals surface area contributed by atoms with Gasteiger partial charge in [-0.2, -0.15) is 0 Å². The van der Waals surface area contributed by atoms with Crippen LogP contribution in [0.1, 0.15) is 41.6 Å². The average Bonchev–Trinajstić information content (AvgIpc) is 2.70. The van der Waals surface area contributed by atoms with E-state index in [1.165, 1.54) is 16.7 Å². The van der Waals surface area contributed by atoms with Crippen molar-refractivity contribution in [3.05, 3.63) is 107 Å². The lowest BCUT2D eigenvalue weighted by Gasteiger charge is -2.36. The summed E-state index contributed by atoms with van der Waals surface area (Å²) in [6.07, 6.45) is 3.35. The van der Waals surface area contributed by atoms with Crippen molar-refractivity contribution in [1.29, 1.82) is 0 Å². The summed E-state index contributed by atoms with van der Waals surface area (Å²) in [6, 6.07) is 29.6. The molecule has 0 unspecified atom stereocenters. The molecule has 3 aromatic rings. The first-order valence-electron chi connectivity index (χ1n) is 9.28. The summed E-state index contributed by atoms with van der Waals surface area (Å²) in [5, 5.41) is 0.769. The Bertz CT molecular complexity index is 814. The molecule has 0 saturated carbocycles. The Kier molecular flexibility index (Phi) is 5.38. The van der Waals surface area contributed by atoms with Crippen molar-refractivity contribution in [3.8, 4) is 0 Å². The molecule has 1 saturated heterocycles. The van der Waals surface area contributed by atoms with Gasteiger partial charge in [-0.25, -0.2) is 0 Å². The number of ether oxygens (including phenoxy) is 1. The van der Waals surface area contributed by atoms with E-state index in [4.69, 9.17) is 16.3 Å². The molecule has 0 aromatic heterocycles. The Morgan fingerprint density at radius 3 is 2.08 bits per heavy atom.